The topological polar surface area (TPSA) is 107 Å². The largest absolute Gasteiger partial charge is 0.464 e. The number of aromatic nitrogens is 1. The number of hydrogen-bond acceptors (Lipinski definition) is 6. The molecule has 11 heteroatoms. The summed E-state index contributed by atoms with van der Waals surface area (Å²) in [5, 5.41) is 3.52. The van der Waals surface area contributed by atoms with Gasteiger partial charge in [-0.25, -0.2) is 9.00 Å². The lowest BCUT2D eigenvalue weighted by Crippen LogP contribution is -2.17. The molecule has 150 valence electrons. The number of carbonyl (C=O) groups is 2. The normalized spacial score (nSPS) is 15.3. The van der Waals surface area contributed by atoms with Crippen LogP contribution in [0, 0.1) is 0 Å². The number of halogens is 3. The number of ketones is 1. The van der Waals surface area contributed by atoms with Crippen molar-refractivity contribution in [2.75, 3.05) is 7.11 Å². The fourth-order valence-corrected chi connectivity index (χ4v) is 3.24. The average molecular weight is 417 g/mol. The zero-order valence-electron chi connectivity index (χ0n) is 14.4. The number of esters is 1. The predicted molar refractivity (Wildman–Crippen MR) is 89.2 cm³/mol. The lowest BCUT2D eigenvalue weighted by Gasteiger charge is -2.14. The van der Waals surface area contributed by atoms with Crippen molar-refractivity contribution in [1.82, 2.24) is 5.16 Å². The first-order chi connectivity index (χ1) is 13.1. The van der Waals surface area contributed by atoms with Crippen molar-refractivity contribution in [1.29, 1.82) is 0 Å². The van der Waals surface area contributed by atoms with Crippen LogP contribution in [0.4, 0.5) is 13.2 Å². The van der Waals surface area contributed by atoms with Crippen molar-refractivity contribution in [3.05, 3.63) is 51.9 Å². The second-order valence-electron chi connectivity index (χ2n) is 6.21. The molecule has 1 saturated carbocycles. The maximum atomic E-state index is 13.5. The molecule has 7 nitrogen and oxygen atoms in total. The van der Waals surface area contributed by atoms with E-state index < -0.39 is 51.6 Å². The van der Waals surface area contributed by atoms with Crippen molar-refractivity contribution >= 4 is 22.8 Å². The fraction of sp³-hybridized carbons (Fsp3) is 0.353. The zero-order valence-corrected chi connectivity index (χ0v) is 15.2. The van der Waals surface area contributed by atoms with E-state index >= 15 is 0 Å². The molecule has 0 bridgehead atoms. The Labute approximate surface area is 159 Å². The van der Waals surface area contributed by atoms with Gasteiger partial charge in [0, 0.05) is 11.5 Å². The van der Waals surface area contributed by atoms with E-state index in [0.717, 1.165) is 19.2 Å². The van der Waals surface area contributed by atoms with Gasteiger partial charge in [0.15, 0.2) is 22.6 Å². The van der Waals surface area contributed by atoms with Gasteiger partial charge >= 0.3 is 12.1 Å². The smallest absolute Gasteiger partial charge is 0.417 e. The van der Waals surface area contributed by atoms with Crippen LogP contribution in [0.25, 0.3) is 0 Å². The van der Waals surface area contributed by atoms with Gasteiger partial charge in [0.05, 0.1) is 18.4 Å². The Hall–Kier alpha value is -2.53. The third kappa shape index (κ3) is 3.99. The molecule has 0 radical (unpaired) electrons. The number of nitrogens with zero attached hydrogens (tertiary/aromatic N) is 1. The molecule has 2 aromatic rings. The molecule has 1 unspecified atom stereocenters. The summed E-state index contributed by atoms with van der Waals surface area (Å²) in [5.41, 5.74) is -2.89. The molecule has 28 heavy (non-hydrogen) atoms. The third-order valence-electron chi connectivity index (χ3n) is 4.20. The number of benzene rings is 1. The maximum absolute atomic E-state index is 13.5. The van der Waals surface area contributed by atoms with E-state index in [2.05, 4.69) is 9.89 Å². The first-order valence-electron chi connectivity index (χ1n) is 8.03. The highest BCUT2D eigenvalue weighted by Crippen LogP contribution is 2.44. The molecular formula is C17H14F3NO6S. The standard InChI is InChI=1S/C17H14F3NO6S/c1-26-16(23)13-12(15(27-21-13)9-3-4-9)14(22)10-5-2-8(7-28(24)25)6-11(10)17(18,19)20/h2,5-6,9H,3-4,7H2,1H3,(H,24,25). The Morgan fingerprint density at radius 1 is 1.36 bits per heavy atom. The highest BCUT2D eigenvalue weighted by atomic mass is 32.2. The molecule has 3 rings (SSSR count). The summed E-state index contributed by atoms with van der Waals surface area (Å²) in [6.45, 7) is 0. The van der Waals surface area contributed by atoms with Crippen LogP contribution in [0.15, 0.2) is 22.7 Å². The van der Waals surface area contributed by atoms with Gasteiger partial charge in [-0.05, 0) is 24.5 Å². The van der Waals surface area contributed by atoms with Crippen LogP contribution in [-0.4, -0.2) is 32.8 Å². The number of rotatable bonds is 6. The minimum Gasteiger partial charge on any atom is -0.464 e. The number of methoxy groups -OCH3 is 1. The van der Waals surface area contributed by atoms with Gasteiger partial charge in [-0.3, -0.25) is 4.79 Å². The molecule has 0 spiro atoms. The zero-order chi connectivity index (χ0) is 20.6. The lowest BCUT2D eigenvalue weighted by atomic mass is 9.94. The summed E-state index contributed by atoms with van der Waals surface area (Å²) in [5.74, 6) is -2.74. The maximum Gasteiger partial charge on any atom is 0.417 e. The van der Waals surface area contributed by atoms with Crippen LogP contribution in [0.2, 0.25) is 0 Å². The first kappa shape index (κ1) is 20.2. The van der Waals surface area contributed by atoms with Gasteiger partial charge < -0.3 is 13.8 Å². The van der Waals surface area contributed by atoms with Crippen molar-refractivity contribution in [3.8, 4) is 0 Å². The first-order valence-corrected chi connectivity index (χ1v) is 9.31. The van der Waals surface area contributed by atoms with Crippen LogP contribution in [0.3, 0.4) is 0 Å². The summed E-state index contributed by atoms with van der Waals surface area (Å²) in [4.78, 5) is 24.9. The second kappa shape index (κ2) is 7.47. The van der Waals surface area contributed by atoms with E-state index in [1.165, 1.54) is 0 Å². The number of ether oxygens (including phenoxy) is 1. The summed E-state index contributed by atoms with van der Waals surface area (Å²) >= 11 is -2.35. The van der Waals surface area contributed by atoms with E-state index in [9.17, 15) is 27.0 Å². The molecule has 0 amide bonds. The van der Waals surface area contributed by atoms with Gasteiger partial charge in [-0.15, -0.1) is 0 Å². The SMILES string of the molecule is COC(=O)c1noc(C2CC2)c1C(=O)c1ccc(CS(=O)O)cc1C(F)(F)F. The van der Waals surface area contributed by atoms with Crippen LogP contribution >= 0.6 is 0 Å². The van der Waals surface area contributed by atoms with Crippen LogP contribution in [0.1, 0.15) is 62.1 Å². The van der Waals surface area contributed by atoms with E-state index in [1.54, 1.807) is 0 Å². The summed E-state index contributed by atoms with van der Waals surface area (Å²) in [7, 11) is 1.05. The van der Waals surface area contributed by atoms with Crippen LogP contribution < -0.4 is 0 Å². The third-order valence-corrected chi connectivity index (χ3v) is 4.78. The van der Waals surface area contributed by atoms with Crippen molar-refractivity contribution in [3.63, 3.8) is 0 Å². The Kier molecular flexibility index (Phi) is 5.39. The monoisotopic (exact) mass is 417 g/mol. The minimum absolute atomic E-state index is 0.0547. The molecule has 1 atom stereocenters. The van der Waals surface area contributed by atoms with Gasteiger partial charge in [-0.1, -0.05) is 17.3 Å². The van der Waals surface area contributed by atoms with E-state index in [4.69, 9.17) is 9.08 Å². The van der Waals surface area contributed by atoms with Crippen molar-refractivity contribution in [2.45, 2.75) is 30.7 Å². The minimum atomic E-state index is -4.90. The Balaban J connectivity index is 2.14. The number of alkyl halides is 3. The summed E-state index contributed by atoms with van der Waals surface area (Å²) in [6, 6.07) is 2.71. The number of carbonyl (C=O) groups excluding carboxylic acids is 2. The predicted octanol–water partition coefficient (Wildman–Crippen LogP) is 3.31. The van der Waals surface area contributed by atoms with Gasteiger partial charge in [0.25, 0.3) is 0 Å². The van der Waals surface area contributed by atoms with E-state index in [0.29, 0.717) is 18.9 Å². The summed E-state index contributed by atoms with van der Waals surface area (Å²) < 4.78 is 70.0. The highest BCUT2D eigenvalue weighted by molar-refractivity contribution is 7.78. The summed E-state index contributed by atoms with van der Waals surface area (Å²) in [6.07, 6.45) is -3.59. The van der Waals surface area contributed by atoms with Gasteiger partial charge in [-0.2, -0.15) is 13.2 Å². The molecule has 0 aliphatic heterocycles. The molecule has 1 aromatic carbocycles. The van der Waals surface area contributed by atoms with Gasteiger partial charge in [0.2, 0.25) is 5.69 Å². The van der Waals surface area contributed by atoms with Crippen molar-refractivity contribution in [2.24, 2.45) is 0 Å². The Morgan fingerprint density at radius 2 is 2.04 bits per heavy atom. The molecular weight excluding hydrogens is 403 g/mol. The average Bonchev–Trinajstić information content (AvgIpc) is 3.37. The molecule has 1 N–H and O–H groups in total. The van der Waals surface area contributed by atoms with Gasteiger partial charge in [0.1, 0.15) is 5.56 Å². The lowest BCUT2D eigenvalue weighted by molar-refractivity contribution is -0.137. The Bertz CT molecular complexity index is 964. The number of hydrogen-bond donors (Lipinski definition) is 1. The molecule has 0 saturated heterocycles. The van der Waals surface area contributed by atoms with E-state index in [-0.39, 0.29) is 22.8 Å². The second-order valence-corrected chi connectivity index (χ2v) is 7.14. The van der Waals surface area contributed by atoms with E-state index in [1.807, 2.05) is 0 Å². The van der Waals surface area contributed by atoms with Crippen LogP contribution in [-0.2, 0) is 27.7 Å². The molecule has 1 heterocycles. The molecule has 1 aliphatic carbocycles. The quantitative estimate of drug-likeness (QED) is 0.437. The molecule has 1 aromatic heterocycles. The fourth-order valence-electron chi connectivity index (χ4n) is 2.77. The van der Waals surface area contributed by atoms with Crippen LogP contribution in [0.5, 0.6) is 0 Å². The molecule has 1 fully saturated rings. The van der Waals surface area contributed by atoms with Crippen molar-refractivity contribution < 1.29 is 40.8 Å². The molecule has 1 aliphatic rings. The Morgan fingerprint density at radius 3 is 2.57 bits per heavy atom. The highest BCUT2D eigenvalue weighted by Gasteiger charge is 2.41.